The van der Waals surface area contributed by atoms with Gasteiger partial charge >= 0.3 is 18.0 Å². The fourth-order valence-electron chi connectivity index (χ4n) is 4.04. The molecule has 230 valence electrons. The molecule has 2 aromatic carbocycles. The Bertz CT molecular complexity index is 1540. The van der Waals surface area contributed by atoms with Gasteiger partial charge in [0.05, 0.1) is 31.6 Å². The minimum absolute atomic E-state index is 0.0299. The molecule has 2 amide bonds. The van der Waals surface area contributed by atoms with E-state index < -0.39 is 59.1 Å². The van der Waals surface area contributed by atoms with Gasteiger partial charge in [-0.3, -0.25) is 10.00 Å². The minimum Gasteiger partial charge on any atom is -0.493 e. The largest absolute Gasteiger partial charge is 0.493 e. The molecule has 0 unspecified atom stereocenters. The van der Waals surface area contributed by atoms with Crippen LogP contribution in [-0.2, 0) is 17.9 Å². The average molecular weight is 607 g/mol. The van der Waals surface area contributed by atoms with Gasteiger partial charge in [-0.2, -0.15) is 5.10 Å². The van der Waals surface area contributed by atoms with E-state index in [0.717, 1.165) is 35.7 Å². The molecule has 1 saturated carbocycles. The molecule has 1 aliphatic carbocycles. The van der Waals surface area contributed by atoms with Gasteiger partial charge in [-0.1, -0.05) is 0 Å². The Morgan fingerprint density at radius 1 is 1.02 bits per heavy atom. The number of nitrogens with one attached hydrogen (secondary N) is 2. The van der Waals surface area contributed by atoms with E-state index in [1.54, 1.807) is 6.92 Å². The first-order valence-electron chi connectivity index (χ1n) is 13.3. The number of carbonyl (C=O) groups excluding carboxylic acids is 2. The van der Waals surface area contributed by atoms with Gasteiger partial charge in [0, 0.05) is 18.7 Å². The number of carboxylic acid groups (broad SMARTS) is 1. The highest BCUT2D eigenvalue weighted by Gasteiger charge is 2.30. The number of anilines is 2. The maximum Gasteiger partial charge on any atom is 0.357 e. The van der Waals surface area contributed by atoms with E-state index in [4.69, 9.17) is 18.9 Å². The number of methoxy groups -OCH3 is 1. The summed E-state index contributed by atoms with van der Waals surface area (Å²) in [5.74, 6) is -6.07. The summed E-state index contributed by atoms with van der Waals surface area (Å²) < 4.78 is 66.0. The second-order valence-corrected chi connectivity index (χ2v) is 9.36. The van der Waals surface area contributed by atoms with Crippen molar-refractivity contribution in [3.63, 3.8) is 0 Å². The molecule has 0 saturated heterocycles. The summed E-state index contributed by atoms with van der Waals surface area (Å²) in [6.45, 7) is 2.99. The number of halogens is 3. The van der Waals surface area contributed by atoms with E-state index in [1.807, 2.05) is 0 Å². The summed E-state index contributed by atoms with van der Waals surface area (Å²) in [7, 11) is 1.23. The Kier molecular flexibility index (Phi) is 9.63. The van der Waals surface area contributed by atoms with Crippen molar-refractivity contribution in [3.05, 3.63) is 58.5 Å². The minimum atomic E-state index is -1.56. The number of esters is 1. The van der Waals surface area contributed by atoms with Crippen molar-refractivity contribution >= 4 is 29.5 Å². The number of aryl methyl sites for hydroxylation is 1. The fraction of sp³-hybridized carbons (Fsp3) is 0.357. The van der Waals surface area contributed by atoms with Crippen LogP contribution in [-0.4, -0.2) is 53.2 Å². The van der Waals surface area contributed by atoms with Crippen molar-refractivity contribution in [1.29, 1.82) is 0 Å². The molecule has 3 aromatic rings. The molecule has 0 radical (unpaired) electrons. The lowest BCUT2D eigenvalue weighted by atomic mass is 10.2. The van der Waals surface area contributed by atoms with Crippen molar-refractivity contribution < 1.29 is 51.6 Å². The monoisotopic (exact) mass is 606 g/mol. The number of benzene rings is 2. The zero-order valence-corrected chi connectivity index (χ0v) is 23.5. The lowest BCUT2D eigenvalue weighted by molar-refractivity contribution is 0.0500. The topological polar surface area (TPSA) is 150 Å². The zero-order chi connectivity index (χ0) is 31.3. The van der Waals surface area contributed by atoms with Crippen LogP contribution < -0.4 is 24.8 Å². The van der Waals surface area contributed by atoms with Crippen molar-refractivity contribution in [3.8, 4) is 17.2 Å². The van der Waals surface area contributed by atoms with Crippen LogP contribution in [0.25, 0.3) is 0 Å². The quantitative estimate of drug-likeness (QED) is 0.223. The van der Waals surface area contributed by atoms with Crippen LogP contribution in [0.1, 0.15) is 53.1 Å². The normalized spacial score (nSPS) is 12.4. The molecule has 0 bridgehead atoms. The molecule has 43 heavy (non-hydrogen) atoms. The number of aromatic nitrogens is 2. The first-order valence-corrected chi connectivity index (χ1v) is 13.3. The second kappa shape index (κ2) is 13.4. The summed E-state index contributed by atoms with van der Waals surface area (Å²) in [5, 5.41) is 18.1. The number of carboxylic acids is 1. The van der Waals surface area contributed by atoms with Crippen molar-refractivity contribution in [2.24, 2.45) is 5.92 Å². The van der Waals surface area contributed by atoms with Crippen molar-refractivity contribution in [2.45, 2.75) is 39.8 Å². The molecule has 0 atom stereocenters. The first kappa shape index (κ1) is 31.0. The predicted molar refractivity (Wildman–Crippen MR) is 145 cm³/mol. The van der Waals surface area contributed by atoms with Gasteiger partial charge in [0.2, 0.25) is 0 Å². The number of carbonyl (C=O) groups is 3. The van der Waals surface area contributed by atoms with Crippen LogP contribution in [0.2, 0.25) is 0 Å². The van der Waals surface area contributed by atoms with E-state index in [-0.39, 0.29) is 41.7 Å². The molecule has 1 fully saturated rings. The SMILES string of the molecule is CCOC(=O)c1c(C(=O)O)c(NC(=O)Nc2cc(OCc3c(OCC4CC4)ccc(F)c3F)c(OC)cc2F)nn1CC. The molecule has 12 nitrogen and oxygen atoms in total. The number of nitrogens with zero attached hydrogens (tertiary/aromatic N) is 2. The van der Waals surface area contributed by atoms with Gasteiger partial charge in [-0.25, -0.2) is 27.6 Å². The van der Waals surface area contributed by atoms with E-state index in [2.05, 4.69) is 15.7 Å². The Morgan fingerprint density at radius 2 is 1.77 bits per heavy atom. The Balaban J connectivity index is 1.56. The summed E-state index contributed by atoms with van der Waals surface area (Å²) in [5.41, 5.74) is -1.64. The smallest absolute Gasteiger partial charge is 0.357 e. The highest BCUT2D eigenvalue weighted by molar-refractivity contribution is 6.09. The molecular weight excluding hydrogens is 577 g/mol. The third kappa shape index (κ3) is 7.10. The van der Waals surface area contributed by atoms with Crippen LogP contribution in [0.4, 0.5) is 29.5 Å². The van der Waals surface area contributed by atoms with E-state index in [9.17, 15) is 32.7 Å². The van der Waals surface area contributed by atoms with E-state index in [1.165, 1.54) is 20.1 Å². The molecule has 3 N–H and O–H groups in total. The van der Waals surface area contributed by atoms with Gasteiger partial charge in [0.25, 0.3) is 0 Å². The van der Waals surface area contributed by atoms with Gasteiger partial charge in [0.15, 0.2) is 40.5 Å². The van der Waals surface area contributed by atoms with E-state index in [0.29, 0.717) is 12.5 Å². The van der Waals surface area contributed by atoms with Crippen LogP contribution >= 0.6 is 0 Å². The summed E-state index contributed by atoms with van der Waals surface area (Å²) in [6, 6.07) is 3.06. The van der Waals surface area contributed by atoms with Crippen LogP contribution in [0.3, 0.4) is 0 Å². The average Bonchev–Trinajstić information content (AvgIpc) is 3.73. The zero-order valence-electron chi connectivity index (χ0n) is 23.5. The van der Waals surface area contributed by atoms with Crippen LogP contribution in [0, 0.1) is 23.4 Å². The number of hydrogen-bond donors (Lipinski definition) is 3. The standard InChI is InChI=1S/C28H29F3N4O8/c1-4-35-24(27(38)41-5-2)22(26(36)37)25(34-35)33-28(39)32-18-11-21(20(40-3)10-17(18)30)43-13-15-19(42-12-14-6-7-14)9-8-16(29)23(15)31/h8-11,14H,4-7,12-13H2,1-3H3,(H,36,37)(H2,32,33,34,39). The number of amides is 2. The third-order valence-electron chi connectivity index (χ3n) is 6.36. The third-order valence-corrected chi connectivity index (χ3v) is 6.36. The summed E-state index contributed by atoms with van der Waals surface area (Å²) in [6.07, 6.45) is 1.96. The highest BCUT2D eigenvalue weighted by atomic mass is 19.2. The molecule has 1 aliphatic rings. The predicted octanol–water partition coefficient (Wildman–Crippen LogP) is 5.22. The van der Waals surface area contributed by atoms with Gasteiger partial charge in [0.1, 0.15) is 17.9 Å². The Morgan fingerprint density at radius 3 is 2.40 bits per heavy atom. The number of rotatable bonds is 13. The summed E-state index contributed by atoms with van der Waals surface area (Å²) >= 11 is 0. The van der Waals surface area contributed by atoms with Gasteiger partial charge in [-0.05, 0) is 44.7 Å². The fourth-order valence-corrected chi connectivity index (χ4v) is 4.04. The maximum atomic E-state index is 14.9. The Hall–Kier alpha value is -4.95. The molecule has 0 aliphatic heterocycles. The molecule has 1 heterocycles. The maximum absolute atomic E-state index is 14.9. The number of urea groups is 1. The van der Waals surface area contributed by atoms with Crippen molar-refractivity contribution in [2.75, 3.05) is 31.0 Å². The van der Waals surface area contributed by atoms with E-state index >= 15 is 0 Å². The number of hydrogen-bond acceptors (Lipinski definition) is 8. The number of ether oxygens (including phenoxy) is 4. The molecular formula is C28H29F3N4O8. The van der Waals surface area contributed by atoms with Crippen LogP contribution in [0.15, 0.2) is 24.3 Å². The molecule has 4 rings (SSSR count). The first-order chi connectivity index (χ1) is 20.6. The van der Waals surface area contributed by atoms with Gasteiger partial charge < -0.3 is 29.4 Å². The highest BCUT2D eigenvalue weighted by Crippen LogP contribution is 2.36. The van der Waals surface area contributed by atoms with Crippen molar-refractivity contribution in [1.82, 2.24) is 9.78 Å². The van der Waals surface area contributed by atoms with Crippen LogP contribution in [0.5, 0.6) is 17.2 Å². The Labute approximate surface area is 243 Å². The van der Waals surface area contributed by atoms with Gasteiger partial charge in [-0.15, -0.1) is 0 Å². The molecule has 1 aromatic heterocycles. The lowest BCUT2D eigenvalue weighted by Crippen LogP contribution is -2.22. The number of aromatic carboxylic acids is 1. The lowest BCUT2D eigenvalue weighted by Gasteiger charge is -2.16. The molecule has 15 heteroatoms. The molecule has 0 spiro atoms. The second-order valence-electron chi connectivity index (χ2n) is 9.36. The summed E-state index contributed by atoms with van der Waals surface area (Å²) in [4.78, 5) is 37.1.